The van der Waals surface area contributed by atoms with Crippen LogP contribution in [-0.2, 0) is 5.41 Å². The highest BCUT2D eigenvalue weighted by Crippen LogP contribution is 2.34. The van der Waals surface area contributed by atoms with Gasteiger partial charge in [-0.25, -0.2) is 0 Å². The van der Waals surface area contributed by atoms with Gasteiger partial charge in [0.25, 0.3) is 0 Å². The Morgan fingerprint density at radius 3 is 2.53 bits per heavy atom. The fraction of sp³-hybridized carbons (Fsp3) is 0.417. The number of hydrogen-bond acceptors (Lipinski definition) is 2. The van der Waals surface area contributed by atoms with Crippen LogP contribution in [0.25, 0.3) is 10.9 Å². The summed E-state index contributed by atoms with van der Waals surface area (Å²) in [4.78, 5) is 0. The molecule has 3 N–H and O–H groups in total. The molecule has 0 saturated heterocycles. The van der Waals surface area contributed by atoms with E-state index < -0.39 is 0 Å². The number of rotatable bonds is 0. The molecule has 2 rings (SSSR count). The predicted octanol–water partition coefficient (Wildman–Crippen LogP) is 2.75. The van der Waals surface area contributed by atoms with Crippen molar-refractivity contribution in [2.45, 2.75) is 33.1 Å². The molecule has 0 radical (unpaired) electrons. The number of nitrogen functional groups attached to an aromatic ring is 1. The lowest BCUT2D eigenvalue weighted by molar-refractivity contribution is 0.592. The molecule has 0 aliphatic carbocycles. The van der Waals surface area contributed by atoms with Crippen LogP contribution in [0.2, 0.25) is 0 Å². The van der Waals surface area contributed by atoms with E-state index in [2.05, 4.69) is 44.0 Å². The Kier molecular flexibility index (Phi) is 2.00. The summed E-state index contributed by atoms with van der Waals surface area (Å²) in [6, 6.07) is 4.14. The second-order valence-electron chi connectivity index (χ2n) is 5.04. The molecule has 2 aromatic rings. The van der Waals surface area contributed by atoms with Crippen LogP contribution >= 0.6 is 0 Å². The van der Waals surface area contributed by atoms with Crippen LogP contribution in [0.4, 0.5) is 5.82 Å². The maximum Gasteiger partial charge on any atom is 0.153 e. The summed E-state index contributed by atoms with van der Waals surface area (Å²) in [6.45, 7) is 8.70. The molecular formula is C12H17N3. The molecule has 1 heterocycles. The SMILES string of the molecule is Cc1ccc2[nH]nc(N)c2c1C(C)(C)C. The molecule has 1 aromatic carbocycles. The van der Waals surface area contributed by atoms with Crippen LogP contribution in [0.3, 0.4) is 0 Å². The molecule has 1 aromatic heterocycles. The van der Waals surface area contributed by atoms with E-state index in [-0.39, 0.29) is 5.41 Å². The first kappa shape index (κ1) is 10.0. The van der Waals surface area contributed by atoms with Crippen molar-refractivity contribution < 1.29 is 0 Å². The zero-order chi connectivity index (χ0) is 11.2. The van der Waals surface area contributed by atoms with Gasteiger partial charge in [0.1, 0.15) is 0 Å². The first-order chi connectivity index (χ1) is 6.91. The number of aryl methyl sites for hydroxylation is 1. The smallest absolute Gasteiger partial charge is 0.153 e. The van der Waals surface area contributed by atoms with E-state index in [1.54, 1.807) is 0 Å². The largest absolute Gasteiger partial charge is 0.382 e. The fourth-order valence-corrected chi connectivity index (χ4v) is 2.21. The Morgan fingerprint density at radius 2 is 1.93 bits per heavy atom. The number of aromatic amines is 1. The minimum Gasteiger partial charge on any atom is -0.382 e. The normalized spacial score (nSPS) is 12.3. The highest BCUT2D eigenvalue weighted by atomic mass is 15.1. The van der Waals surface area contributed by atoms with E-state index in [1.807, 2.05) is 6.07 Å². The van der Waals surface area contributed by atoms with Crippen LogP contribution < -0.4 is 5.73 Å². The van der Waals surface area contributed by atoms with Crippen LogP contribution in [0.1, 0.15) is 31.9 Å². The first-order valence-corrected chi connectivity index (χ1v) is 5.15. The molecule has 0 unspecified atom stereocenters. The average Bonchev–Trinajstić information content (AvgIpc) is 2.46. The lowest BCUT2D eigenvalue weighted by atomic mass is 9.82. The van der Waals surface area contributed by atoms with Gasteiger partial charge in [-0.05, 0) is 29.5 Å². The molecular weight excluding hydrogens is 186 g/mol. The van der Waals surface area contributed by atoms with Crippen molar-refractivity contribution >= 4 is 16.7 Å². The van der Waals surface area contributed by atoms with Gasteiger partial charge >= 0.3 is 0 Å². The number of nitrogens with two attached hydrogens (primary N) is 1. The summed E-state index contributed by atoms with van der Waals surface area (Å²) in [5.41, 5.74) is 9.55. The molecule has 3 heteroatoms. The van der Waals surface area contributed by atoms with E-state index in [1.165, 1.54) is 11.1 Å². The van der Waals surface area contributed by atoms with Crippen LogP contribution in [-0.4, -0.2) is 10.2 Å². The van der Waals surface area contributed by atoms with E-state index in [0.717, 1.165) is 10.9 Å². The second-order valence-corrected chi connectivity index (χ2v) is 5.04. The van der Waals surface area contributed by atoms with Gasteiger partial charge in [-0.1, -0.05) is 26.8 Å². The number of anilines is 1. The zero-order valence-electron chi connectivity index (χ0n) is 9.68. The number of benzene rings is 1. The van der Waals surface area contributed by atoms with Crippen molar-refractivity contribution in [3.05, 3.63) is 23.3 Å². The predicted molar refractivity (Wildman–Crippen MR) is 63.9 cm³/mol. The van der Waals surface area contributed by atoms with Crippen molar-refractivity contribution in [3.63, 3.8) is 0 Å². The third-order valence-electron chi connectivity index (χ3n) is 2.72. The number of nitrogens with one attached hydrogen (secondary N) is 1. The van der Waals surface area contributed by atoms with E-state index in [4.69, 9.17) is 5.73 Å². The second kappa shape index (κ2) is 2.99. The van der Waals surface area contributed by atoms with Crippen molar-refractivity contribution in [1.29, 1.82) is 0 Å². The highest BCUT2D eigenvalue weighted by molar-refractivity contribution is 5.93. The number of hydrogen-bond donors (Lipinski definition) is 2. The monoisotopic (exact) mass is 203 g/mol. The Bertz CT molecular complexity index is 503. The zero-order valence-corrected chi connectivity index (χ0v) is 9.68. The minimum atomic E-state index is 0.0849. The van der Waals surface area contributed by atoms with Gasteiger partial charge in [-0.2, -0.15) is 5.10 Å². The van der Waals surface area contributed by atoms with Gasteiger partial charge in [-0.15, -0.1) is 0 Å². The Morgan fingerprint density at radius 1 is 1.27 bits per heavy atom. The summed E-state index contributed by atoms with van der Waals surface area (Å²) in [5, 5.41) is 8.09. The van der Waals surface area contributed by atoms with Gasteiger partial charge in [0.2, 0.25) is 0 Å². The minimum absolute atomic E-state index is 0.0849. The van der Waals surface area contributed by atoms with E-state index in [9.17, 15) is 0 Å². The van der Waals surface area contributed by atoms with Crippen molar-refractivity contribution in [1.82, 2.24) is 10.2 Å². The quantitative estimate of drug-likeness (QED) is 0.691. The maximum atomic E-state index is 5.90. The summed E-state index contributed by atoms with van der Waals surface area (Å²) < 4.78 is 0. The van der Waals surface area contributed by atoms with Gasteiger partial charge in [0.05, 0.1) is 5.52 Å². The molecule has 0 saturated carbocycles. The summed E-state index contributed by atoms with van der Waals surface area (Å²) >= 11 is 0. The molecule has 0 bridgehead atoms. The van der Waals surface area contributed by atoms with Gasteiger partial charge < -0.3 is 5.73 Å². The topological polar surface area (TPSA) is 54.7 Å². The lowest BCUT2D eigenvalue weighted by Gasteiger charge is -2.22. The Balaban J connectivity index is 2.90. The van der Waals surface area contributed by atoms with Gasteiger partial charge in [-0.3, -0.25) is 5.10 Å². The molecule has 80 valence electrons. The Labute approximate surface area is 89.7 Å². The number of fused-ring (bicyclic) bond motifs is 1. The van der Waals surface area contributed by atoms with E-state index in [0.29, 0.717) is 5.82 Å². The summed E-state index contributed by atoms with van der Waals surface area (Å²) in [7, 11) is 0. The van der Waals surface area contributed by atoms with Gasteiger partial charge in [0.15, 0.2) is 5.82 Å². The first-order valence-electron chi connectivity index (χ1n) is 5.15. The fourth-order valence-electron chi connectivity index (χ4n) is 2.21. The van der Waals surface area contributed by atoms with E-state index >= 15 is 0 Å². The maximum absolute atomic E-state index is 5.90. The Hall–Kier alpha value is -1.51. The molecule has 0 aliphatic heterocycles. The van der Waals surface area contributed by atoms with Crippen LogP contribution in [0, 0.1) is 6.92 Å². The van der Waals surface area contributed by atoms with Crippen molar-refractivity contribution in [2.75, 3.05) is 5.73 Å². The summed E-state index contributed by atoms with van der Waals surface area (Å²) in [6.07, 6.45) is 0. The molecule has 3 nitrogen and oxygen atoms in total. The molecule has 0 amide bonds. The molecule has 0 spiro atoms. The van der Waals surface area contributed by atoms with Crippen LogP contribution in [0.15, 0.2) is 12.1 Å². The highest BCUT2D eigenvalue weighted by Gasteiger charge is 2.21. The molecule has 0 fully saturated rings. The average molecular weight is 203 g/mol. The standard InChI is InChI=1S/C12H17N3/c1-7-5-6-8-9(11(13)15-14-8)10(7)12(2,3)4/h5-6H,1-4H3,(H3,13,14,15). The molecule has 0 aliphatic rings. The third kappa shape index (κ3) is 1.48. The summed E-state index contributed by atoms with van der Waals surface area (Å²) in [5.74, 6) is 0.596. The third-order valence-corrected chi connectivity index (χ3v) is 2.72. The molecule has 0 atom stereocenters. The number of nitrogens with zero attached hydrogens (tertiary/aromatic N) is 1. The van der Waals surface area contributed by atoms with Crippen LogP contribution in [0.5, 0.6) is 0 Å². The van der Waals surface area contributed by atoms with Crippen molar-refractivity contribution in [2.24, 2.45) is 0 Å². The lowest BCUT2D eigenvalue weighted by Crippen LogP contribution is -2.14. The van der Waals surface area contributed by atoms with Gasteiger partial charge in [0, 0.05) is 5.39 Å². The molecule has 15 heavy (non-hydrogen) atoms. The number of aromatic nitrogens is 2. The van der Waals surface area contributed by atoms with Crippen molar-refractivity contribution in [3.8, 4) is 0 Å². The number of H-pyrrole nitrogens is 1.